The summed E-state index contributed by atoms with van der Waals surface area (Å²) in [6.45, 7) is 1.92. The fourth-order valence-corrected chi connectivity index (χ4v) is 1.41. The van der Waals surface area contributed by atoms with E-state index >= 15 is 0 Å². The summed E-state index contributed by atoms with van der Waals surface area (Å²) in [5.74, 6) is 2.38. The van der Waals surface area contributed by atoms with Gasteiger partial charge in [0.15, 0.2) is 5.82 Å². The van der Waals surface area contributed by atoms with E-state index in [1.54, 1.807) is 11.8 Å². The van der Waals surface area contributed by atoms with Crippen LogP contribution in [0.3, 0.4) is 0 Å². The van der Waals surface area contributed by atoms with Crippen molar-refractivity contribution in [3.8, 4) is 17.1 Å². The maximum Gasteiger partial charge on any atom is 0.185 e. The first kappa shape index (κ1) is 9.71. The highest BCUT2D eigenvalue weighted by Crippen LogP contribution is 2.26. The van der Waals surface area contributed by atoms with E-state index in [1.165, 1.54) is 0 Å². The van der Waals surface area contributed by atoms with Crippen molar-refractivity contribution in [2.45, 2.75) is 6.92 Å². The molecular formula is C11H13N3O. The minimum atomic E-state index is 0.701. The van der Waals surface area contributed by atoms with Crippen LogP contribution in [-0.2, 0) is 7.05 Å². The largest absolute Gasteiger partial charge is 0.496 e. The molecule has 0 aliphatic carbocycles. The standard InChI is InChI=1S/C11H13N3O/c1-8-12-11(13-14(8)2)9-6-4-5-7-10(9)15-3/h4-7H,1-3H3. The normalized spacial score (nSPS) is 10.3. The van der Waals surface area contributed by atoms with Gasteiger partial charge in [-0.25, -0.2) is 4.98 Å². The molecule has 0 saturated carbocycles. The topological polar surface area (TPSA) is 39.9 Å². The Bertz CT molecular complexity index is 457. The van der Waals surface area contributed by atoms with Gasteiger partial charge in [0.25, 0.3) is 0 Å². The van der Waals surface area contributed by atoms with Gasteiger partial charge in [0.2, 0.25) is 0 Å². The van der Waals surface area contributed by atoms with Crippen molar-refractivity contribution in [2.24, 2.45) is 7.05 Å². The number of para-hydroxylation sites is 1. The molecule has 1 aromatic heterocycles. The Hall–Kier alpha value is -1.84. The van der Waals surface area contributed by atoms with Crippen LogP contribution in [0.15, 0.2) is 24.3 Å². The molecule has 0 N–H and O–H groups in total. The molecule has 1 heterocycles. The molecule has 0 atom stereocenters. The zero-order chi connectivity index (χ0) is 10.8. The lowest BCUT2D eigenvalue weighted by Crippen LogP contribution is -1.93. The number of benzene rings is 1. The molecule has 0 amide bonds. The predicted octanol–water partition coefficient (Wildman–Crippen LogP) is 1.80. The quantitative estimate of drug-likeness (QED) is 0.747. The molecule has 78 valence electrons. The van der Waals surface area contributed by atoms with Crippen LogP contribution in [0, 0.1) is 6.92 Å². The minimum Gasteiger partial charge on any atom is -0.496 e. The third kappa shape index (κ3) is 1.70. The number of hydrogen-bond donors (Lipinski definition) is 0. The van der Waals surface area contributed by atoms with Gasteiger partial charge in [0, 0.05) is 7.05 Å². The third-order valence-corrected chi connectivity index (χ3v) is 2.33. The van der Waals surface area contributed by atoms with Crippen molar-refractivity contribution in [3.63, 3.8) is 0 Å². The fourth-order valence-electron chi connectivity index (χ4n) is 1.41. The van der Waals surface area contributed by atoms with E-state index in [2.05, 4.69) is 10.1 Å². The first-order chi connectivity index (χ1) is 7.22. The summed E-state index contributed by atoms with van der Waals surface area (Å²) in [7, 11) is 3.52. The molecule has 0 spiro atoms. The van der Waals surface area contributed by atoms with Gasteiger partial charge in [-0.2, -0.15) is 5.10 Å². The van der Waals surface area contributed by atoms with Gasteiger partial charge in [-0.3, -0.25) is 4.68 Å². The third-order valence-electron chi connectivity index (χ3n) is 2.33. The van der Waals surface area contributed by atoms with Crippen molar-refractivity contribution in [1.82, 2.24) is 14.8 Å². The highest BCUT2D eigenvalue weighted by Gasteiger charge is 2.10. The Morgan fingerprint density at radius 2 is 2.00 bits per heavy atom. The van der Waals surface area contributed by atoms with Crippen molar-refractivity contribution >= 4 is 0 Å². The summed E-state index contributed by atoms with van der Waals surface area (Å²) in [6.07, 6.45) is 0. The van der Waals surface area contributed by atoms with E-state index in [1.807, 2.05) is 38.2 Å². The lowest BCUT2D eigenvalue weighted by Gasteiger charge is -2.03. The van der Waals surface area contributed by atoms with Gasteiger partial charge in [0.05, 0.1) is 12.7 Å². The van der Waals surface area contributed by atoms with Crippen LogP contribution in [0.25, 0.3) is 11.4 Å². The number of nitrogens with zero attached hydrogens (tertiary/aromatic N) is 3. The second-order valence-electron chi connectivity index (χ2n) is 3.31. The van der Waals surface area contributed by atoms with Crippen LogP contribution in [0.2, 0.25) is 0 Å². The molecule has 2 rings (SSSR count). The van der Waals surface area contributed by atoms with Gasteiger partial charge in [-0.15, -0.1) is 0 Å². The van der Waals surface area contributed by atoms with Crippen LogP contribution in [0.1, 0.15) is 5.82 Å². The van der Waals surface area contributed by atoms with Crippen LogP contribution >= 0.6 is 0 Å². The number of aryl methyl sites for hydroxylation is 2. The Balaban J connectivity index is 2.53. The number of hydrogen-bond acceptors (Lipinski definition) is 3. The zero-order valence-electron chi connectivity index (χ0n) is 9.06. The smallest absolute Gasteiger partial charge is 0.185 e. The molecular weight excluding hydrogens is 190 g/mol. The molecule has 0 aliphatic heterocycles. The zero-order valence-corrected chi connectivity index (χ0v) is 9.06. The van der Waals surface area contributed by atoms with E-state index in [4.69, 9.17) is 4.74 Å². The van der Waals surface area contributed by atoms with E-state index in [-0.39, 0.29) is 0 Å². The lowest BCUT2D eigenvalue weighted by atomic mass is 10.2. The van der Waals surface area contributed by atoms with Crippen molar-refractivity contribution in [3.05, 3.63) is 30.1 Å². The molecule has 0 saturated heterocycles. The summed E-state index contributed by atoms with van der Waals surface area (Å²) < 4.78 is 7.01. The van der Waals surface area contributed by atoms with Crippen LogP contribution < -0.4 is 4.74 Å². The van der Waals surface area contributed by atoms with Crippen LogP contribution in [-0.4, -0.2) is 21.9 Å². The van der Waals surface area contributed by atoms with E-state index in [0.717, 1.165) is 17.1 Å². The summed E-state index contributed by atoms with van der Waals surface area (Å²) in [6, 6.07) is 7.73. The van der Waals surface area contributed by atoms with Crippen molar-refractivity contribution in [1.29, 1.82) is 0 Å². The highest BCUT2D eigenvalue weighted by atomic mass is 16.5. The predicted molar refractivity (Wildman–Crippen MR) is 57.7 cm³/mol. The van der Waals surface area contributed by atoms with Gasteiger partial charge < -0.3 is 4.74 Å². The Morgan fingerprint density at radius 1 is 1.27 bits per heavy atom. The molecule has 0 bridgehead atoms. The van der Waals surface area contributed by atoms with Gasteiger partial charge in [-0.1, -0.05) is 12.1 Å². The second kappa shape index (κ2) is 3.73. The molecule has 0 aliphatic rings. The summed E-state index contributed by atoms with van der Waals surface area (Å²) in [5, 5.41) is 4.31. The van der Waals surface area contributed by atoms with Gasteiger partial charge in [0.1, 0.15) is 11.6 Å². The van der Waals surface area contributed by atoms with E-state index in [0.29, 0.717) is 5.82 Å². The molecule has 0 unspecified atom stereocenters. The van der Waals surface area contributed by atoms with Crippen LogP contribution in [0.4, 0.5) is 0 Å². The molecule has 0 radical (unpaired) electrons. The molecule has 2 aromatic rings. The van der Waals surface area contributed by atoms with Gasteiger partial charge in [-0.05, 0) is 19.1 Å². The average Bonchev–Trinajstić information content (AvgIpc) is 2.59. The molecule has 0 fully saturated rings. The number of rotatable bonds is 2. The Kier molecular flexibility index (Phi) is 2.41. The summed E-state index contributed by atoms with van der Waals surface area (Å²) in [4.78, 5) is 4.36. The Labute approximate surface area is 88.5 Å². The molecule has 4 nitrogen and oxygen atoms in total. The van der Waals surface area contributed by atoms with E-state index in [9.17, 15) is 0 Å². The Morgan fingerprint density at radius 3 is 2.60 bits per heavy atom. The van der Waals surface area contributed by atoms with Crippen molar-refractivity contribution in [2.75, 3.05) is 7.11 Å². The molecule has 15 heavy (non-hydrogen) atoms. The minimum absolute atomic E-state index is 0.701. The number of aromatic nitrogens is 3. The fraction of sp³-hybridized carbons (Fsp3) is 0.273. The van der Waals surface area contributed by atoms with Crippen LogP contribution in [0.5, 0.6) is 5.75 Å². The van der Waals surface area contributed by atoms with Crippen molar-refractivity contribution < 1.29 is 4.74 Å². The number of ether oxygens (including phenoxy) is 1. The first-order valence-corrected chi connectivity index (χ1v) is 4.73. The first-order valence-electron chi connectivity index (χ1n) is 4.73. The molecule has 1 aromatic carbocycles. The summed E-state index contributed by atoms with van der Waals surface area (Å²) >= 11 is 0. The maximum atomic E-state index is 5.26. The van der Waals surface area contributed by atoms with Gasteiger partial charge >= 0.3 is 0 Å². The number of methoxy groups -OCH3 is 1. The lowest BCUT2D eigenvalue weighted by molar-refractivity contribution is 0.416. The maximum absolute atomic E-state index is 5.26. The summed E-state index contributed by atoms with van der Waals surface area (Å²) in [5.41, 5.74) is 0.920. The highest BCUT2D eigenvalue weighted by molar-refractivity contribution is 5.63. The molecule has 4 heteroatoms. The SMILES string of the molecule is COc1ccccc1-c1nc(C)n(C)n1. The van der Waals surface area contributed by atoms with E-state index < -0.39 is 0 Å². The monoisotopic (exact) mass is 203 g/mol. The second-order valence-corrected chi connectivity index (χ2v) is 3.31. The average molecular weight is 203 g/mol.